The first-order valence-electron chi connectivity index (χ1n) is 10.5. The largest absolute Gasteiger partial charge is 0.379 e. The first kappa shape index (κ1) is 18.9. The van der Waals surface area contributed by atoms with Gasteiger partial charge in [-0.2, -0.15) is 0 Å². The number of thiophene rings is 1. The van der Waals surface area contributed by atoms with Crippen molar-refractivity contribution in [1.82, 2.24) is 19.9 Å². The van der Waals surface area contributed by atoms with Crippen molar-refractivity contribution in [1.29, 1.82) is 0 Å². The van der Waals surface area contributed by atoms with Crippen LogP contribution in [0.4, 0.5) is 5.82 Å². The molecule has 0 amide bonds. The third-order valence-corrected chi connectivity index (χ3v) is 7.04. The van der Waals surface area contributed by atoms with Crippen molar-refractivity contribution >= 4 is 27.4 Å². The number of hydrogen-bond acceptors (Lipinski definition) is 7. The van der Waals surface area contributed by atoms with Crippen LogP contribution in [0, 0.1) is 0 Å². The van der Waals surface area contributed by atoms with E-state index < -0.39 is 0 Å². The summed E-state index contributed by atoms with van der Waals surface area (Å²) in [5.41, 5.74) is 2.61. The van der Waals surface area contributed by atoms with Gasteiger partial charge >= 0.3 is 0 Å². The van der Waals surface area contributed by atoms with Crippen molar-refractivity contribution < 1.29 is 4.74 Å². The van der Waals surface area contributed by atoms with Gasteiger partial charge in [-0.15, -0.1) is 11.3 Å². The summed E-state index contributed by atoms with van der Waals surface area (Å²) in [4.78, 5) is 21.9. The van der Waals surface area contributed by atoms with Crippen LogP contribution in [-0.2, 0) is 30.5 Å². The third-order valence-electron chi connectivity index (χ3n) is 5.85. The zero-order valence-corrected chi connectivity index (χ0v) is 17.7. The molecule has 0 N–H and O–H groups in total. The van der Waals surface area contributed by atoms with Gasteiger partial charge in [0.15, 0.2) is 0 Å². The van der Waals surface area contributed by atoms with Gasteiger partial charge in [-0.25, -0.2) is 9.97 Å². The van der Waals surface area contributed by atoms with E-state index in [1.54, 1.807) is 0 Å². The maximum atomic E-state index is 5.49. The molecule has 3 aromatic heterocycles. The monoisotopic (exact) mass is 409 g/mol. The lowest BCUT2D eigenvalue weighted by Crippen LogP contribution is -2.36. The van der Waals surface area contributed by atoms with E-state index >= 15 is 0 Å². The zero-order chi connectivity index (χ0) is 19.6. The van der Waals surface area contributed by atoms with Crippen molar-refractivity contribution in [2.45, 2.75) is 32.2 Å². The molecular weight excluding hydrogens is 382 g/mol. The average Bonchev–Trinajstić information content (AvgIpc) is 3.34. The Morgan fingerprint density at radius 2 is 2.07 bits per heavy atom. The summed E-state index contributed by atoms with van der Waals surface area (Å²) in [5.74, 6) is 2.02. The van der Waals surface area contributed by atoms with Crippen LogP contribution in [0.3, 0.4) is 0 Å². The number of hydrogen-bond donors (Lipinski definition) is 0. The van der Waals surface area contributed by atoms with E-state index in [9.17, 15) is 0 Å². The molecule has 1 fully saturated rings. The Morgan fingerprint density at radius 3 is 2.90 bits per heavy atom. The second-order valence-corrected chi connectivity index (χ2v) is 8.97. The molecule has 0 radical (unpaired) electrons. The number of fused-ring (bicyclic) bond motifs is 3. The van der Waals surface area contributed by atoms with Gasteiger partial charge in [0.1, 0.15) is 16.5 Å². The van der Waals surface area contributed by atoms with Crippen LogP contribution in [0.25, 0.3) is 10.2 Å². The van der Waals surface area contributed by atoms with Crippen molar-refractivity contribution in [3.05, 3.63) is 46.4 Å². The smallest absolute Gasteiger partial charge is 0.146 e. The van der Waals surface area contributed by atoms with Crippen LogP contribution in [-0.4, -0.2) is 59.7 Å². The van der Waals surface area contributed by atoms with Gasteiger partial charge in [0.25, 0.3) is 0 Å². The van der Waals surface area contributed by atoms with Crippen molar-refractivity contribution in [3.8, 4) is 0 Å². The van der Waals surface area contributed by atoms with Gasteiger partial charge in [0.05, 0.1) is 25.1 Å². The number of aromatic nitrogens is 3. The number of morpholine rings is 1. The standard InChI is InChI=1S/C22H27N5OS/c1-26(10-8-16-5-2-3-9-23-16)21-20-17-6-4-7-18(17)29-22(20)25-19(24-21)15-27-11-13-28-14-12-27/h2-3,5,9H,4,6-8,10-15H2,1H3. The van der Waals surface area contributed by atoms with Gasteiger partial charge in [-0.05, 0) is 37.0 Å². The van der Waals surface area contributed by atoms with Crippen molar-refractivity contribution in [3.63, 3.8) is 0 Å². The first-order valence-corrected chi connectivity index (χ1v) is 11.3. The van der Waals surface area contributed by atoms with Crippen molar-refractivity contribution in [2.24, 2.45) is 0 Å². The van der Waals surface area contributed by atoms with Gasteiger partial charge in [-0.3, -0.25) is 9.88 Å². The number of pyridine rings is 1. The van der Waals surface area contributed by atoms with Crippen LogP contribution < -0.4 is 4.90 Å². The van der Waals surface area contributed by atoms with E-state index in [1.165, 1.54) is 28.7 Å². The molecule has 1 aliphatic heterocycles. The molecular formula is C22H27N5OS. The van der Waals surface area contributed by atoms with Gasteiger partial charge in [-0.1, -0.05) is 6.07 Å². The number of aryl methyl sites for hydroxylation is 2. The summed E-state index contributed by atoms with van der Waals surface area (Å²) < 4.78 is 5.49. The Kier molecular flexibility index (Phi) is 5.44. The fraction of sp³-hybridized carbons (Fsp3) is 0.500. The quantitative estimate of drug-likeness (QED) is 0.624. The maximum Gasteiger partial charge on any atom is 0.146 e. The summed E-state index contributed by atoms with van der Waals surface area (Å²) in [6.45, 7) is 5.19. The molecule has 0 atom stereocenters. The Balaban J connectivity index is 1.45. The normalized spacial score (nSPS) is 17.0. The van der Waals surface area contributed by atoms with Gasteiger partial charge < -0.3 is 9.64 Å². The Bertz CT molecular complexity index is 984. The maximum absolute atomic E-state index is 5.49. The highest BCUT2D eigenvalue weighted by molar-refractivity contribution is 7.19. The molecule has 152 valence electrons. The molecule has 0 unspecified atom stereocenters. The number of nitrogens with zero attached hydrogens (tertiary/aromatic N) is 5. The molecule has 3 aromatic rings. The molecule has 1 aliphatic carbocycles. The lowest BCUT2D eigenvalue weighted by molar-refractivity contribution is 0.0331. The van der Waals surface area contributed by atoms with Crippen LogP contribution in [0.15, 0.2) is 24.4 Å². The first-order chi connectivity index (χ1) is 14.3. The van der Waals surface area contributed by atoms with Crippen LogP contribution >= 0.6 is 11.3 Å². The summed E-state index contributed by atoms with van der Waals surface area (Å²) in [6.07, 6.45) is 6.37. The third kappa shape index (κ3) is 3.99. The molecule has 0 spiro atoms. The van der Waals surface area contributed by atoms with E-state index in [4.69, 9.17) is 14.7 Å². The molecule has 2 aliphatic rings. The molecule has 0 aromatic carbocycles. The Labute approximate surface area is 175 Å². The van der Waals surface area contributed by atoms with Crippen LogP contribution in [0.5, 0.6) is 0 Å². The van der Waals surface area contributed by atoms with Crippen LogP contribution in [0.2, 0.25) is 0 Å². The van der Waals surface area contributed by atoms with E-state index in [-0.39, 0.29) is 0 Å². The fourth-order valence-electron chi connectivity index (χ4n) is 4.26. The minimum absolute atomic E-state index is 0.795. The lowest BCUT2D eigenvalue weighted by atomic mass is 10.1. The zero-order valence-electron chi connectivity index (χ0n) is 16.9. The number of likely N-dealkylation sites (N-methyl/N-ethyl adjacent to an activating group) is 1. The number of anilines is 1. The minimum Gasteiger partial charge on any atom is -0.379 e. The molecule has 5 rings (SSSR count). The molecule has 7 heteroatoms. The van der Waals surface area contributed by atoms with E-state index in [1.807, 2.05) is 23.6 Å². The number of rotatable bonds is 6. The predicted molar refractivity (Wildman–Crippen MR) is 117 cm³/mol. The Hall–Kier alpha value is -2.09. The molecule has 6 nitrogen and oxygen atoms in total. The van der Waals surface area contributed by atoms with Crippen LogP contribution in [0.1, 0.15) is 28.4 Å². The second kappa shape index (κ2) is 8.34. The summed E-state index contributed by atoms with van der Waals surface area (Å²) in [7, 11) is 2.15. The van der Waals surface area contributed by atoms with Gasteiger partial charge in [0, 0.05) is 49.9 Å². The molecule has 0 saturated carbocycles. The topological polar surface area (TPSA) is 54.4 Å². The highest BCUT2D eigenvalue weighted by Gasteiger charge is 2.24. The summed E-state index contributed by atoms with van der Waals surface area (Å²) in [5, 5.41) is 1.29. The molecule has 29 heavy (non-hydrogen) atoms. The van der Waals surface area contributed by atoms with Gasteiger partial charge in [0.2, 0.25) is 0 Å². The molecule has 0 bridgehead atoms. The molecule has 4 heterocycles. The fourth-order valence-corrected chi connectivity index (χ4v) is 5.53. The van der Waals surface area contributed by atoms with E-state index in [2.05, 4.69) is 34.0 Å². The lowest BCUT2D eigenvalue weighted by Gasteiger charge is -2.26. The summed E-state index contributed by atoms with van der Waals surface area (Å²) >= 11 is 1.88. The average molecular weight is 410 g/mol. The van der Waals surface area contributed by atoms with Crippen molar-refractivity contribution in [2.75, 3.05) is 44.8 Å². The SMILES string of the molecule is CN(CCc1ccccn1)c1nc(CN2CCOCC2)nc2sc3c(c12)CCC3. The molecule has 1 saturated heterocycles. The summed E-state index contributed by atoms with van der Waals surface area (Å²) in [6, 6.07) is 6.11. The number of ether oxygens (including phenoxy) is 1. The highest BCUT2D eigenvalue weighted by Crippen LogP contribution is 2.40. The minimum atomic E-state index is 0.795. The second-order valence-electron chi connectivity index (χ2n) is 7.88. The highest BCUT2D eigenvalue weighted by atomic mass is 32.1. The van der Waals surface area contributed by atoms with E-state index in [0.29, 0.717) is 0 Å². The Morgan fingerprint density at radius 1 is 1.17 bits per heavy atom. The van der Waals surface area contributed by atoms with E-state index in [0.717, 1.165) is 74.4 Å². The predicted octanol–water partition coefficient (Wildman–Crippen LogP) is 3.09.